The molecule has 0 saturated heterocycles. The number of nitrogens with zero attached hydrogens (tertiary/aromatic N) is 1. The molecule has 1 amide bonds. The van der Waals surface area contributed by atoms with Crippen LogP contribution in [-0.2, 0) is 6.18 Å². The molecule has 0 unspecified atom stereocenters. The molecule has 33 heavy (non-hydrogen) atoms. The normalized spacial score (nSPS) is 12.5. The third-order valence-corrected chi connectivity index (χ3v) is 5.43. The molecule has 2 N–H and O–H groups in total. The Kier molecular flexibility index (Phi) is 6.42. The number of rotatable bonds is 6. The topological polar surface area (TPSA) is 62.2 Å². The highest BCUT2D eigenvalue weighted by Gasteiger charge is 2.30. The number of amides is 1. The number of pyridine rings is 1. The van der Waals surface area contributed by atoms with E-state index in [2.05, 4.69) is 10.3 Å². The van der Waals surface area contributed by atoms with Gasteiger partial charge in [0.15, 0.2) is 0 Å². The van der Waals surface area contributed by atoms with E-state index in [9.17, 15) is 23.1 Å². The molecular formula is C26H21F3N2O2. The maximum absolute atomic E-state index is 12.9. The van der Waals surface area contributed by atoms with Crippen LogP contribution >= 0.6 is 0 Å². The van der Waals surface area contributed by atoms with Crippen LogP contribution in [0.2, 0.25) is 0 Å². The average molecular weight is 450 g/mol. The highest BCUT2D eigenvalue weighted by atomic mass is 19.4. The summed E-state index contributed by atoms with van der Waals surface area (Å²) in [6.45, 7) is -0.101. The molecule has 7 heteroatoms. The Morgan fingerprint density at radius 3 is 2.42 bits per heavy atom. The largest absolute Gasteiger partial charge is 0.416 e. The lowest BCUT2D eigenvalue weighted by Crippen LogP contribution is -2.29. The molecule has 0 spiro atoms. The van der Waals surface area contributed by atoms with Gasteiger partial charge in [0.05, 0.1) is 17.3 Å². The molecule has 1 heterocycles. The number of hydrogen-bond acceptors (Lipinski definition) is 3. The second-order valence-electron chi connectivity index (χ2n) is 7.61. The SMILES string of the molecule is O=C(N[C@@H](CCO)c1ccccn1)c1ccc2c(-c3ccc(C(F)(F)F)cc3)cccc2c1. The fraction of sp³-hybridized carbons (Fsp3) is 0.154. The lowest BCUT2D eigenvalue weighted by atomic mass is 9.96. The first-order valence-corrected chi connectivity index (χ1v) is 10.4. The van der Waals surface area contributed by atoms with Crippen molar-refractivity contribution in [1.29, 1.82) is 0 Å². The van der Waals surface area contributed by atoms with Gasteiger partial charge in [-0.3, -0.25) is 9.78 Å². The first-order valence-electron chi connectivity index (χ1n) is 10.4. The van der Waals surface area contributed by atoms with Crippen LogP contribution < -0.4 is 5.32 Å². The highest BCUT2D eigenvalue weighted by molar-refractivity contribution is 6.02. The standard InChI is InChI=1S/C26H21F3N2O2/c27-26(28,29)20-10-7-17(8-11-20)21-5-3-4-18-16-19(9-12-22(18)21)25(33)31-24(13-15-32)23-6-1-2-14-30-23/h1-12,14,16,24,32H,13,15H2,(H,31,33)/t24-/m0/s1. The van der Waals surface area contributed by atoms with Crippen LogP contribution in [-0.4, -0.2) is 22.6 Å². The Morgan fingerprint density at radius 1 is 0.970 bits per heavy atom. The van der Waals surface area contributed by atoms with E-state index in [0.29, 0.717) is 23.2 Å². The molecule has 0 aliphatic rings. The summed E-state index contributed by atoms with van der Waals surface area (Å²) in [6.07, 6.45) is -2.43. The van der Waals surface area contributed by atoms with E-state index in [1.54, 1.807) is 42.6 Å². The van der Waals surface area contributed by atoms with Gasteiger partial charge in [-0.25, -0.2) is 0 Å². The minimum Gasteiger partial charge on any atom is -0.396 e. The molecule has 4 aromatic rings. The lowest BCUT2D eigenvalue weighted by molar-refractivity contribution is -0.137. The zero-order chi connectivity index (χ0) is 23.4. The Labute approximate surface area is 188 Å². The summed E-state index contributed by atoms with van der Waals surface area (Å²) in [5.41, 5.74) is 1.83. The van der Waals surface area contributed by atoms with E-state index < -0.39 is 17.8 Å². The van der Waals surface area contributed by atoms with E-state index in [0.717, 1.165) is 28.5 Å². The van der Waals surface area contributed by atoms with E-state index in [1.807, 2.05) is 18.2 Å². The number of halogens is 3. The van der Waals surface area contributed by atoms with Gasteiger partial charge < -0.3 is 10.4 Å². The predicted molar refractivity (Wildman–Crippen MR) is 121 cm³/mol. The number of nitrogens with one attached hydrogen (secondary N) is 1. The van der Waals surface area contributed by atoms with Crippen molar-refractivity contribution in [2.24, 2.45) is 0 Å². The quantitative estimate of drug-likeness (QED) is 0.392. The molecule has 1 atom stereocenters. The summed E-state index contributed by atoms with van der Waals surface area (Å²) in [5.74, 6) is -0.305. The Hall–Kier alpha value is -3.71. The number of carbonyl (C=O) groups excluding carboxylic acids is 1. The van der Waals surface area contributed by atoms with Gasteiger partial charge in [-0.05, 0) is 64.7 Å². The zero-order valence-corrected chi connectivity index (χ0v) is 17.5. The van der Waals surface area contributed by atoms with E-state index in [4.69, 9.17) is 0 Å². The van der Waals surface area contributed by atoms with Crippen molar-refractivity contribution in [3.05, 3.63) is 102 Å². The summed E-state index contributed by atoms with van der Waals surface area (Å²) in [5, 5.41) is 13.9. The number of carbonyl (C=O) groups is 1. The van der Waals surface area contributed by atoms with Gasteiger partial charge in [0.2, 0.25) is 0 Å². The van der Waals surface area contributed by atoms with Crippen LogP contribution in [0.4, 0.5) is 13.2 Å². The second-order valence-corrected chi connectivity index (χ2v) is 7.61. The van der Waals surface area contributed by atoms with Gasteiger partial charge >= 0.3 is 6.18 Å². The maximum Gasteiger partial charge on any atom is 0.416 e. The number of hydrogen-bond donors (Lipinski definition) is 2. The van der Waals surface area contributed by atoms with Crippen LogP contribution in [0.1, 0.15) is 34.1 Å². The lowest BCUT2D eigenvalue weighted by Gasteiger charge is -2.17. The summed E-state index contributed by atoms with van der Waals surface area (Å²) in [6, 6.07) is 20.7. The molecule has 4 rings (SSSR count). The molecule has 0 radical (unpaired) electrons. The van der Waals surface area contributed by atoms with Gasteiger partial charge in [0.25, 0.3) is 5.91 Å². The monoisotopic (exact) mass is 450 g/mol. The van der Waals surface area contributed by atoms with Crippen LogP contribution in [0, 0.1) is 0 Å². The number of aromatic nitrogens is 1. The molecule has 0 aliphatic carbocycles. The fourth-order valence-corrected chi connectivity index (χ4v) is 3.76. The fourth-order valence-electron chi connectivity index (χ4n) is 3.76. The third-order valence-electron chi connectivity index (χ3n) is 5.43. The minimum absolute atomic E-state index is 0.101. The summed E-state index contributed by atoms with van der Waals surface area (Å²) in [4.78, 5) is 17.2. The number of aliphatic hydroxyl groups excluding tert-OH is 1. The molecule has 0 fully saturated rings. The first kappa shape index (κ1) is 22.5. The van der Waals surface area contributed by atoms with E-state index in [-0.39, 0.29) is 12.5 Å². The van der Waals surface area contributed by atoms with Crippen molar-refractivity contribution < 1.29 is 23.1 Å². The van der Waals surface area contributed by atoms with E-state index >= 15 is 0 Å². The van der Waals surface area contributed by atoms with Crippen molar-refractivity contribution in [3.8, 4) is 11.1 Å². The van der Waals surface area contributed by atoms with Gasteiger partial charge in [-0.2, -0.15) is 13.2 Å². The van der Waals surface area contributed by atoms with Crippen LogP contribution in [0.5, 0.6) is 0 Å². The minimum atomic E-state index is -4.39. The Morgan fingerprint density at radius 2 is 1.76 bits per heavy atom. The molecule has 168 valence electrons. The molecular weight excluding hydrogens is 429 g/mol. The van der Waals surface area contributed by atoms with Crippen molar-refractivity contribution in [3.63, 3.8) is 0 Å². The van der Waals surface area contributed by atoms with Crippen LogP contribution in [0.15, 0.2) is 85.1 Å². The van der Waals surface area contributed by atoms with Crippen LogP contribution in [0.3, 0.4) is 0 Å². The predicted octanol–water partition coefficient (Wildman–Crippen LogP) is 5.77. The smallest absolute Gasteiger partial charge is 0.396 e. The Balaban J connectivity index is 1.62. The first-order chi connectivity index (χ1) is 15.9. The van der Waals surface area contributed by atoms with Crippen molar-refractivity contribution in [1.82, 2.24) is 10.3 Å². The summed E-state index contributed by atoms with van der Waals surface area (Å²) in [7, 11) is 0. The molecule has 0 saturated carbocycles. The van der Waals surface area contributed by atoms with Crippen molar-refractivity contribution >= 4 is 16.7 Å². The number of alkyl halides is 3. The number of benzene rings is 3. The molecule has 3 aromatic carbocycles. The zero-order valence-electron chi connectivity index (χ0n) is 17.5. The molecule has 0 bridgehead atoms. The molecule has 4 nitrogen and oxygen atoms in total. The van der Waals surface area contributed by atoms with Gasteiger partial charge in [-0.1, -0.05) is 42.5 Å². The highest BCUT2D eigenvalue weighted by Crippen LogP contribution is 2.33. The number of aliphatic hydroxyl groups is 1. The second kappa shape index (κ2) is 9.42. The molecule has 1 aromatic heterocycles. The van der Waals surface area contributed by atoms with Crippen molar-refractivity contribution in [2.75, 3.05) is 6.61 Å². The van der Waals surface area contributed by atoms with Gasteiger partial charge in [0.1, 0.15) is 0 Å². The van der Waals surface area contributed by atoms with Crippen LogP contribution in [0.25, 0.3) is 21.9 Å². The maximum atomic E-state index is 12.9. The summed E-state index contributed by atoms with van der Waals surface area (Å²) < 4.78 is 38.7. The Bertz CT molecular complexity index is 1260. The van der Waals surface area contributed by atoms with Crippen molar-refractivity contribution in [2.45, 2.75) is 18.6 Å². The van der Waals surface area contributed by atoms with Gasteiger partial charge in [-0.15, -0.1) is 0 Å². The number of fused-ring (bicyclic) bond motifs is 1. The molecule has 0 aliphatic heterocycles. The summed E-state index contributed by atoms with van der Waals surface area (Å²) >= 11 is 0. The van der Waals surface area contributed by atoms with Gasteiger partial charge in [0, 0.05) is 18.4 Å². The average Bonchev–Trinajstić information content (AvgIpc) is 2.83. The van der Waals surface area contributed by atoms with E-state index in [1.165, 1.54) is 12.1 Å². The third kappa shape index (κ3) is 5.04.